The SMILES string of the molecule is C/C(=C/S)c1cc(C)cc(O)c1C. The molecular formula is C11H14OS. The van der Waals surface area contributed by atoms with Gasteiger partial charge in [0.05, 0.1) is 0 Å². The van der Waals surface area contributed by atoms with Crippen LogP contribution in [0.1, 0.15) is 23.6 Å². The first-order valence-electron chi connectivity index (χ1n) is 4.18. The lowest BCUT2D eigenvalue weighted by Gasteiger charge is -2.09. The van der Waals surface area contributed by atoms with Crippen molar-refractivity contribution in [3.8, 4) is 5.75 Å². The van der Waals surface area contributed by atoms with Crippen LogP contribution in [0.25, 0.3) is 5.57 Å². The van der Waals surface area contributed by atoms with Crippen molar-refractivity contribution in [2.24, 2.45) is 0 Å². The maximum absolute atomic E-state index is 9.57. The number of allylic oxidation sites excluding steroid dienone is 1. The maximum Gasteiger partial charge on any atom is 0.119 e. The van der Waals surface area contributed by atoms with E-state index in [4.69, 9.17) is 0 Å². The zero-order valence-electron chi connectivity index (χ0n) is 8.13. The Balaban J connectivity index is 3.37. The second kappa shape index (κ2) is 3.88. The van der Waals surface area contributed by atoms with Crippen LogP contribution >= 0.6 is 12.6 Å². The molecule has 0 spiro atoms. The summed E-state index contributed by atoms with van der Waals surface area (Å²) in [5, 5.41) is 11.3. The topological polar surface area (TPSA) is 20.2 Å². The van der Waals surface area contributed by atoms with Gasteiger partial charge in [-0.2, -0.15) is 12.6 Å². The molecule has 0 heterocycles. The number of hydrogen-bond donors (Lipinski definition) is 2. The molecule has 0 saturated carbocycles. The first-order chi connectivity index (χ1) is 6.06. The molecular weight excluding hydrogens is 180 g/mol. The van der Waals surface area contributed by atoms with Crippen molar-refractivity contribution in [1.82, 2.24) is 0 Å². The van der Waals surface area contributed by atoms with Crippen LogP contribution in [-0.4, -0.2) is 5.11 Å². The second-order valence-corrected chi connectivity index (χ2v) is 3.53. The molecule has 0 radical (unpaired) electrons. The Morgan fingerprint density at radius 3 is 2.54 bits per heavy atom. The van der Waals surface area contributed by atoms with Crippen LogP contribution in [0, 0.1) is 13.8 Å². The average molecular weight is 194 g/mol. The minimum atomic E-state index is 0.351. The molecule has 1 rings (SSSR count). The molecule has 0 aliphatic rings. The van der Waals surface area contributed by atoms with Crippen LogP contribution in [0.2, 0.25) is 0 Å². The van der Waals surface area contributed by atoms with Gasteiger partial charge in [-0.05, 0) is 54.5 Å². The first-order valence-corrected chi connectivity index (χ1v) is 4.69. The van der Waals surface area contributed by atoms with Gasteiger partial charge in [0.1, 0.15) is 5.75 Å². The molecule has 0 saturated heterocycles. The molecule has 1 aromatic carbocycles. The van der Waals surface area contributed by atoms with E-state index in [2.05, 4.69) is 18.7 Å². The minimum absolute atomic E-state index is 0.351. The van der Waals surface area contributed by atoms with E-state index in [9.17, 15) is 5.11 Å². The van der Waals surface area contributed by atoms with Gasteiger partial charge < -0.3 is 5.11 Å². The molecule has 0 atom stereocenters. The summed E-state index contributed by atoms with van der Waals surface area (Å²) in [5.74, 6) is 0.351. The lowest BCUT2D eigenvalue weighted by Crippen LogP contribution is -1.87. The molecule has 70 valence electrons. The fraction of sp³-hybridized carbons (Fsp3) is 0.273. The fourth-order valence-electron chi connectivity index (χ4n) is 1.32. The number of phenols is 1. The molecule has 1 nitrogen and oxygen atoms in total. The number of aryl methyl sites for hydroxylation is 1. The smallest absolute Gasteiger partial charge is 0.119 e. The monoisotopic (exact) mass is 194 g/mol. The van der Waals surface area contributed by atoms with Crippen LogP contribution in [0.4, 0.5) is 0 Å². The standard InChI is InChI=1S/C11H14OS/c1-7-4-10(8(2)6-13)9(3)11(12)5-7/h4-6,12-13H,1-3H3/b8-6-. The van der Waals surface area contributed by atoms with Crippen molar-refractivity contribution < 1.29 is 5.11 Å². The number of rotatable bonds is 1. The fourth-order valence-corrected chi connectivity index (χ4v) is 1.46. The summed E-state index contributed by atoms with van der Waals surface area (Å²) in [6.07, 6.45) is 0. The highest BCUT2D eigenvalue weighted by Crippen LogP contribution is 2.27. The Morgan fingerprint density at radius 1 is 1.38 bits per heavy atom. The summed E-state index contributed by atoms with van der Waals surface area (Å²) in [4.78, 5) is 0. The number of thiol groups is 1. The normalized spacial score (nSPS) is 11.8. The van der Waals surface area contributed by atoms with Crippen LogP contribution < -0.4 is 0 Å². The largest absolute Gasteiger partial charge is 0.508 e. The van der Waals surface area contributed by atoms with Gasteiger partial charge in [-0.15, -0.1) is 0 Å². The lowest BCUT2D eigenvalue weighted by atomic mass is 9.99. The summed E-state index contributed by atoms with van der Waals surface area (Å²) in [6.45, 7) is 5.85. The highest BCUT2D eigenvalue weighted by molar-refractivity contribution is 7.83. The van der Waals surface area contributed by atoms with Gasteiger partial charge in [0.15, 0.2) is 0 Å². The molecule has 0 unspecified atom stereocenters. The van der Waals surface area contributed by atoms with Crippen molar-refractivity contribution in [3.05, 3.63) is 34.2 Å². The number of aromatic hydroxyl groups is 1. The van der Waals surface area contributed by atoms with Crippen molar-refractivity contribution in [3.63, 3.8) is 0 Å². The van der Waals surface area contributed by atoms with E-state index in [1.807, 2.05) is 20.8 Å². The van der Waals surface area contributed by atoms with E-state index in [1.165, 1.54) is 0 Å². The van der Waals surface area contributed by atoms with Crippen LogP contribution in [0.15, 0.2) is 17.5 Å². The molecule has 0 aliphatic carbocycles. The quantitative estimate of drug-likeness (QED) is 0.657. The lowest BCUT2D eigenvalue weighted by molar-refractivity contribution is 0.470. The van der Waals surface area contributed by atoms with Crippen LogP contribution in [0.5, 0.6) is 5.75 Å². The van der Waals surface area contributed by atoms with Crippen LogP contribution in [-0.2, 0) is 0 Å². The van der Waals surface area contributed by atoms with Gasteiger partial charge >= 0.3 is 0 Å². The summed E-state index contributed by atoms with van der Waals surface area (Å²) < 4.78 is 0. The van der Waals surface area contributed by atoms with Gasteiger partial charge in [-0.1, -0.05) is 6.07 Å². The highest BCUT2D eigenvalue weighted by Gasteiger charge is 2.05. The highest BCUT2D eigenvalue weighted by atomic mass is 32.1. The van der Waals surface area contributed by atoms with Gasteiger partial charge in [0, 0.05) is 0 Å². The van der Waals surface area contributed by atoms with Gasteiger partial charge in [-0.3, -0.25) is 0 Å². The molecule has 0 bridgehead atoms. The number of benzene rings is 1. The summed E-state index contributed by atoms with van der Waals surface area (Å²) in [5.41, 5.74) is 4.10. The second-order valence-electron chi connectivity index (χ2n) is 3.27. The maximum atomic E-state index is 9.57. The third kappa shape index (κ3) is 2.07. The molecule has 0 fully saturated rings. The van der Waals surface area contributed by atoms with E-state index in [0.29, 0.717) is 5.75 Å². The van der Waals surface area contributed by atoms with E-state index in [0.717, 1.165) is 22.3 Å². The van der Waals surface area contributed by atoms with E-state index in [-0.39, 0.29) is 0 Å². The third-order valence-electron chi connectivity index (χ3n) is 2.14. The van der Waals surface area contributed by atoms with Crippen molar-refractivity contribution in [2.45, 2.75) is 20.8 Å². The zero-order chi connectivity index (χ0) is 10.0. The van der Waals surface area contributed by atoms with E-state index < -0.39 is 0 Å². The van der Waals surface area contributed by atoms with Crippen LogP contribution in [0.3, 0.4) is 0 Å². The summed E-state index contributed by atoms with van der Waals surface area (Å²) >= 11 is 4.10. The van der Waals surface area contributed by atoms with Crippen molar-refractivity contribution in [2.75, 3.05) is 0 Å². The Morgan fingerprint density at radius 2 is 2.00 bits per heavy atom. The summed E-state index contributed by atoms with van der Waals surface area (Å²) in [6, 6.07) is 3.82. The van der Waals surface area contributed by atoms with Crippen molar-refractivity contribution >= 4 is 18.2 Å². The Bertz CT molecular complexity index is 353. The van der Waals surface area contributed by atoms with E-state index in [1.54, 1.807) is 11.5 Å². The van der Waals surface area contributed by atoms with Gasteiger partial charge in [0.25, 0.3) is 0 Å². The molecule has 13 heavy (non-hydrogen) atoms. The molecule has 1 N–H and O–H groups in total. The van der Waals surface area contributed by atoms with Gasteiger partial charge in [0.2, 0.25) is 0 Å². The summed E-state index contributed by atoms with van der Waals surface area (Å²) in [7, 11) is 0. The number of phenolic OH excluding ortho intramolecular Hbond substituents is 1. The molecule has 0 aliphatic heterocycles. The molecule has 2 heteroatoms. The molecule has 1 aromatic rings. The zero-order valence-corrected chi connectivity index (χ0v) is 9.02. The predicted octanol–water partition coefficient (Wildman–Crippen LogP) is 3.30. The third-order valence-corrected chi connectivity index (χ3v) is 2.53. The Kier molecular flexibility index (Phi) is 3.04. The first kappa shape index (κ1) is 10.2. The molecule has 0 aromatic heterocycles. The Labute approximate surface area is 84.5 Å². The van der Waals surface area contributed by atoms with Gasteiger partial charge in [-0.25, -0.2) is 0 Å². The Hall–Kier alpha value is -0.890. The minimum Gasteiger partial charge on any atom is -0.508 e. The van der Waals surface area contributed by atoms with Crippen molar-refractivity contribution in [1.29, 1.82) is 0 Å². The molecule has 0 amide bonds. The van der Waals surface area contributed by atoms with E-state index >= 15 is 0 Å². The predicted molar refractivity (Wildman–Crippen MR) is 60.2 cm³/mol. The number of hydrogen-bond acceptors (Lipinski definition) is 2. The average Bonchev–Trinajstić information content (AvgIpc) is 2.10.